The maximum atomic E-state index is 12.6. The Bertz CT molecular complexity index is 906. The molecule has 2 saturated heterocycles. The quantitative estimate of drug-likeness (QED) is 0.797. The van der Waals surface area contributed by atoms with Crippen LogP contribution in [0.25, 0.3) is 0 Å². The van der Waals surface area contributed by atoms with Gasteiger partial charge in [-0.3, -0.25) is 9.59 Å². The van der Waals surface area contributed by atoms with Crippen LogP contribution in [-0.2, 0) is 17.9 Å². The minimum Gasteiger partial charge on any atom is -0.348 e. The molecule has 158 valence electrons. The number of aryl methyl sites for hydroxylation is 1. The number of nitrogens with zero attached hydrogens (tertiary/aromatic N) is 4. The highest BCUT2D eigenvalue weighted by Gasteiger charge is 2.20. The first-order chi connectivity index (χ1) is 14.6. The minimum atomic E-state index is -0.163. The summed E-state index contributed by atoms with van der Waals surface area (Å²) in [5.41, 5.74) is 3.34. The van der Waals surface area contributed by atoms with Crippen molar-refractivity contribution in [3.8, 4) is 0 Å². The van der Waals surface area contributed by atoms with Crippen molar-refractivity contribution in [2.24, 2.45) is 0 Å². The van der Waals surface area contributed by atoms with Gasteiger partial charge < -0.3 is 15.1 Å². The molecule has 2 fully saturated rings. The van der Waals surface area contributed by atoms with E-state index < -0.39 is 0 Å². The van der Waals surface area contributed by atoms with Crippen LogP contribution in [0.1, 0.15) is 59.3 Å². The number of anilines is 1. The van der Waals surface area contributed by atoms with Gasteiger partial charge in [-0.15, -0.1) is 0 Å². The molecule has 3 heterocycles. The molecule has 2 aliphatic heterocycles. The first-order valence-electron chi connectivity index (χ1n) is 10.8. The van der Waals surface area contributed by atoms with E-state index >= 15 is 0 Å². The Morgan fingerprint density at radius 2 is 1.77 bits per heavy atom. The number of aromatic nitrogens is 2. The molecule has 0 unspecified atom stereocenters. The molecular weight excluding hydrogens is 378 g/mol. The van der Waals surface area contributed by atoms with Crippen LogP contribution in [0.5, 0.6) is 0 Å². The van der Waals surface area contributed by atoms with Gasteiger partial charge in [0, 0.05) is 45.3 Å². The van der Waals surface area contributed by atoms with Gasteiger partial charge in [-0.05, 0) is 43.7 Å². The normalized spacial score (nSPS) is 16.8. The van der Waals surface area contributed by atoms with Crippen LogP contribution in [-0.4, -0.2) is 46.3 Å². The average molecular weight is 408 g/mol. The third kappa shape index (κ3) is 4.78. The van der Waals surface area contributed by atoms with Gasteiger partial charge in [0.1, 0.15) is 0 Å². The van der Waals surface area contributed by atoms with Crippen LogP contribution >= 0.6 is 0 Å². The number of likely N-dealkylation sites (tertiary alicyclic amines) is 1. The number of hydrogen-bond acceptors (Lipinski definition) is 5. The summed E-state index contributed by atoms with van der Waals surface area (Å²) in [6, 6.07) is 8.04. The Kier molecular flexibility index (Phi) is 6.26. The average Bonchev–Trinajstić information content (AvgIpc) is 3.18. The van der Waals surface area contributed by atoms with Crippen LogP contribution in [0.4, 0.5) is 5.95 Å². The Morgan fingerprint density at radius 1 is 1.03 bits per heavy atom. The Balaban J connectivity index is 1.32. The predicted molar refractivity (Wildman–Crippen MR) is 115 cm³/mol. The Hall–Kier alpha value is -2.96. The van der Waals surface area contributed by atoms with E-state index in [0.29, 0.717) is 30.8 Å². The zero-order chi connectivity index (χ0) is 20.9. The van der Waals surface area contributed by atoms with Crippen molar-refractivity contribution in [3.63, 3.8) is 0 Å². The maximum absolute atomic E-state index is 12.6. The Labute approximate surface area is 177 Å². The topological polar surface area (TPSA) is 78.4 Å². The number of nitrogens with one attached hydrogen (secondary N) is 1. The molecule has 0 aliphatic carbocycles. The summed E-state index contributed by atoms with van der Waals surface area (Å²) in [6.45, 7) is 5.76. The van der Waals surface area contributed by atoms with Crippen molar-refractivity contribution in [1.29, 1.82) is 0 Å². The first-order valence-corrected chi connectivity index (χ1v) is 10.8. The fourth-order valence-electron chi connectivity index (χ4n) is 4.06. The number of benzene rings is 1. The molecule has 1 N–H and O–H groups in total. The summed E-state index contributed by atoms with van der Waals surface area (Å²) in [5, 5.41) is 2.96. The molecule has 0 saturated carbocycles. The molecule has 4 rings (SSSR count). The molecule has 2 aromatic rings. The summed E-state index contributed by atoms with van der Waals surface area (Å²) in [5.74, 6) is 0.787. The SMILES string of the molecule is Cc1nc(N2CCCCC2)ncc1C(=O)NCc1ccc(CN2CCCC2=O)cc1. The molecule has 7 heteroatoms. The molecule has 0 bridgehead atoms. The molecule has 1 aromatic heterocycles. The zero-order valence-corrected chi connectivity index (χ0v) is 17.6. The van der Waals surface area contributed by atoms with Crippen molar-refractivity contribution in [2.45, 2.75) is 52.1 Å². The third-order valence-corrected chi connectivity index (χ3v) is 5.87. The lowest BCUT2D eigenvalue weighted by molar-refractivity contribution is -0.128. The predicted octanol–water partition coefficient (Wildman–Crippen LogP) is 2.83. The smallest absolute Gasteiger partial charge is 0.254 e. The van der Waals surface area contributed by atoms with E-state index in [1.807, 2.05) is 36.1 Å². The van der Waals surface area contributed by atoms with Crippen LogP contribution < -0.4 is 10.2 Å². The lowest BCUT2D eigenvalue weighted by atomic mass is 10.1. The largest absolute Gasteiger partial charge is 0.348 e. The van der Waals surface area contributed by atoms with Gasteiger partial charge in [0.2, 0.25) is 11.9 Å². The van der Waals surface area contributed by atoms with E-state index in [1.165, 1.54) is 6.42 Å². The monoisotopic (exact) mass is 407 g/mol. The van der Waals surface area contributed by atoms with Gasteiger partial charge in [0.05, 0.1) is 11.3 Å². The minimum absolute atomic E-state index is 0.163. The fourth-order valence-corrected chi connectivity index (χ4v) is 4.06. The summed E-state index contributed by atoms with van der Waals surface area (Å²) in [4.78, 5) is 37.4. The van der Waals surface area contributed by atoms with E-state index in [9.17, 15) is 9.59 Å². The lowest BCUT2D eigenvalue weighted by Crippen LogP contribution is -2.31. The van der Waals surface area contributed by atoms with Crippen molar-refractivity contribution >= 4 is 17.8 Å². The molecule has 2 aliphatic rings. The molecule has 2 amide bonds. The number of carbonyl (C=O) groups is 2. The van der Waals surface area contributed by atoms with Crippen LogP contribution in [0.2, 0.25) is 0 Å². The summed E-state index contributed by atoms with van der Waals surface area (Å²) in [6.07, 6.45) is 6.83. The Morgan fingerprint density at radius 3 is 2.43 bits per heavy atom. The highest BCUT2D eigenvalue weighted by atomic mass is 16.2. The lowest BCUT2D eigenvalue weighted by Gasteiger charge is -2.26. The van der Waals surface area contributed by atoms with Gasteiger partial charge in [-0.1, -0.05) is 24.3 Å². The van der Waals surface area contributed by atoms with E-state index in [4.69, 9.17) is 0 Å². The summed E-state index contributed by atoms with van der Waals surface area (Å²) >= 11 is 0. The fraction of sp³-hybridized carbons (Fsp3) is 0.478. The van der Waals surface area contributed by atoms with Crippen LogP contribution in [0, 0.1) is 6.92 Å². The van der Waals surface area contributed by atoms with Gasteiger partial charge >= 0.3 is 0 Å². The highest BCUT2D eigenvalue weighted by molar-refractivity contribution is 5.94. The number of rotatable bonds is 6. The highest BCUT2D eigenvalue weighted by Crippen LogP contribution is 2.17. The zero-order valence-electron chi connectivity index (χ0n) is 17.6. The summed E-state index contributed by atoms with van der Waals surface area (Å²) < 4.78 is 0. The molecule has 0 radical (unpaired) electrons. The maximum Gasteiger partial charge on any atom is 0.254 e. The van der Waals surface area contributed by atoms with Crippen molar-refractivity contribution in [1.82, 2.24) is 20.2 Å². The first kappa shape index (κ1) is 20.3. The molecule has 0 atom stereocenters. The molecular formula is C23H29N5O2. The molecule has 1 aromatic carbocycles. The molecule has 30 heavy (non-hydrogen) atoms. The molecule has 7 nitrogen and oxygen atoms in total. The number of piperidine rings is 1. The second kappa shape index (κ2) is 9.24. The summed E-state index contributed by atoms with van der Waals surface area (Å²) in [7, 11) is 0. The van der Waals surface area contributed by atoms with Gasteiger partial charge in [-0.2, -0.15) is 0 Å². The van der Waals surface area contributed by atoms with Gasteiger partial charge in [-0.25, -0.2) is 9.97 Å². The van der Waals surface area contributed by atoms with E-state index in [0.717, 1.165) is 56.0 Å². The van der Waals surface area contributed by atoms with Gasteiger partial charge in [0.15, 0.2) is 0 Å². The van der Waals surface area contributed by atoms with Crippen LogP contribution in [0.3, 0.4) is 0 Å². The van der Waals surface area contributed by atoms with Gasteiger partial charge in [0.25, 0.3) is 5.91 Å². The van der Waals surface area contributed by atoms with E-state index in [1.54, 1.807) is 6.20 Å². The standard InChI is InChI=1S/C23H29N5O2/c1-17-20(15-25-23(26-17)27-11-3-2-4-12-27)22(30)24-14-18-7-9-19(10-8-18)16-28-13-5-6-21(28)29/h7-10,15H,2-6,11-14,16H2,1H3,(H,24,30). The van der Waals surface area contributed by atoms with E-state index in [-0.39, 0.29) is 11.8 Å². The molecule has 0 spiro atoms. The third-order valence-electron chi connectivity index (χ3n) is 5.87. The van der Waals surface area contributed by atoms with Crippen LogP contribution in [0.15, 0.2) is 30.5 Å². The number of carbonyl (C=O) groups excluding carboxylic acids is 2. The second-order valence-corrected chi connectivity index (χ2v) is 8.13. The van der Waals surface area contributed by atoms with Crippen molar-refractivity contribution in [2.75, 3.05) is 24.5 Å². The van der Waals surface area contributed by atoms with E-state index in [2.05, 4.69) is 20.2 Å². The number of amides is 2. The van der Waals surface area contributed by atoms with Crippen molar-refractivity contribution in [3.05, 3.63) is 52.8 Å². The number of hydrogen-bond donors (Lipinski definition) is 1. The van der Waals surface area contributed by atoms with Crippen molar-refractivity contribution < 1.29 is 9.59 Å². The second-order valence-electron chi connectivity index (χ2n) is 8.13.